The van der Waals surface area contributed by atoms with Crippen LogP contribution in [0.3, 0.4) is 0 Å². The van der Waals surface area contributed by atoms with E-state index in [0.29, 0.717) is 10.6 Å². The van der Waals surface area contributed by atoms with E-state index in [1.165, 1.54) is 6.07 Å². The van der Waals surface area contributed by atoms with Gasteiger partial charge in [0.1, 0.15) is 20.5 Å². The standard InChI is InChI=1S/C14H16ClN3O5S2/c1-6(2)12(19)16-13(20)11-9(5-7(3)24-11)25(21,22)18-14-10(15)8(4)17-23-14/h5-6,18H,1-4H3,(H,16,19,20). The summed E-state index contributed by atoms with van der Waals surface area (Å²) in [4.78, 5) is 24.2. The second-order valence-corrected chi connectivity index (χ2v) is 8.83. The molecule has 2 N–H and O–H groups in total. The topological polar surface area (TPSA) is 118 Å². The molecule has 0 saturated heterocycles. The fourth-order valence-electron chi connectivity index (χ4n) is 1.76. The zero-order valence-electron chi connectivity index (χ0n) is 13.8. The predicted molar refractivity (Wildman–Crippen MR) is 93.4 cm³/mol. The largest absolute Gasteiger partial charge is 0.336 e. The SMILES string of the molecule is Cc1cc(S(=O)(=O)Nc2onc(C)c2Cl)c(C(=O)NC(=O)C(C)C)s1. The summed E-state index contributed by atoms with van der Waals surface area (Å²) in [7, 11) is -4.16. The van der Waals surface area contributed by atoms with Crippen LogP contribution in [-0.2, 0) is 14.8 Å². The molecule has 0 aliphatic heterocycles. The molecule has 8 nitrogen and oxygen atoms in total. The monoisotopic (exact) mass is 405 g/mol. The molecule has 0 bridgehead atoms. The van der Waals surface area contributed by atoms with E-state index in [4.69, 9.17) is 16.1 Å². The van der Waals surface area contributed by atoms with Crippen LogP contribution in [0.2, 0.25) is 5.02 Å². The van der Waals surface area contributed by atoms with Gasteiger partial charge in [0.2, 0.25) is 5.91 Å². The van der Waals surface area contributed by atoms with Gasteiger partial charge < -0.3 is 4.52 Å². The van der Waals surface area contributed by atoms with Crippen molar-refractivity contribution in [3.8, 4) is 0 Å². The highest BCUT2D eigenvalue weighted by Crippen LogP contribution is 2.31. The Kier molecular flexibility index (Phi) is 5.55. The Bertz CT molecular complexity index is 930. The molecule has 2 heterocycles. The average Bonchev–Trinajstić information content (AvgIpc) is 3.05. The van der Waals surface area contributed by atoms with Gasteiger partial charge in [-0.15, -0.1) is 11.3 Å². The zero-order valence-corrected chi connectivity index (χ0v) is 16.2. The summed E-state index contributed by atoms with van der Waals surface area (Å²) in [6, 6.07) is 1.33. The van der Waals surface area contributed by atoms with Crippen LogP contribution in [0.25, 0.3) is 0 Å². The highest BCUT2D eigenvalue weighted by molar-refractivity contribution is 7.93. The van der Waals surface area contributed by atoms with Crippen LogP contribution in [0.4, 0.5) is 5.88 Å². The van der Waals surface area contributed by atoms with Crippen molar-refractivity contribution in [1.29, 1.82) is 0 Å². The maximum atomic E-state index is 12.6. The molecular formula is C14H16ClN3O5S2. The number of carbonyl (C=O) groups is 2. The number of thiophene rings is 1. The van der Waals surface area contributed by atoms with Crippen molar-refractivity contribution in [2.75, 3.05) is 4.72 Å². The number of rotatable bonds is 5. The number of hydrogen-bond acceptors (Lipinski definition) is 7. The first-order valence-electron chi connectivity index (χ1n) is 7.13. The van der Waals surface area contributed by atoms with Gasteiger partial charge in [-0.25, -0.2) is 13.1 Å². The van der Waals surface area contributed by atoms with E-state index in [1.54, 1.807) is 27.7 Å². The lowest BCUT2D eigenvalue weighted by Crippen LogP contribution is -2.34. The minimum absolute atomic E-state index is 0.0245. The van der Waals surface area contributed by atoms with E-state index in [0.717, 1.165) is 11.3 Å². The van der Waals surface area contributed by atoms with Crippen molar-refractivity contribution < 1.29 is 22.5 Å². The number of hydrogen-bond donors (Lipinski definition) is 2. The molecule has 0 fully saturated rings. The molecule has 0 aliphatic rings. The molecule has 2 rings (SSSR count). The lowest BCUT2D eigenvalue weighted by molar-refractivity contribution is -0.122. The van der Waals surface area contributed by atoms with Crippen molar-refractivity contribution in [1.82, 2.24) is 10.5 Å². The number of nitrogens with zero attached hydrogens (tertiary/aromatic N) is 1. The predicted octanol–water partition coefficient (Wildman–Crippen LogP) is 2.72. The molecule has 2 amide bonds. The van der Waals surface area contributed by atoms with Gasteiger partial charge in [0.05, 0.1) is 0 Å². The maximum Gasteiger partial charge on any atom is 0.269 e. The molecule has 0 spiro atoms. The number of sulfonamides is 1. The summed E-state index contributed by atoms with van der Waals surface area (Å²) in [6.45, 7) is 6.44. The lowest BCUT2D eigenvalue weighted by atomic mass is 10.2. The number of aromatic nitrogens is 1. The molecule has 2 aromatic rings. The van der Waals surface area contributed by atoms with Gasteiger partial charge in [-0.2, -0.15) is 0 Å². The Balaban J connectivity index is 2.37. The summed E-state index contributed by atoms with van der Waals surface area (Å²) in [6.07, 6.45) is 0. The van der Waals surface area contributed by atoms with Crippen molar-refractivity contribution in [3.05, 3.63) is 26.5 Å². The van der Waals surface area contributed by atoms with E-state index in [1.807, 2.05) is 0 Å². The van der Waals surface area contributed by atoms with Gasteiger partial charge in [0.25, 0.3) is 21.8 Å². The van der Waals surface area contributed by atoms with E-state index in [2.05, 4.69) is 15.2 Å². The molecule has 0 aliphatic carbocycles. The highest BCUT2D eigenvalue weighted by atomic mass is 35.5. The summed E-state index contributed by atoms with van der Waals surface area (Å²) in [5.74, 6) is -1.94. The normalized spacial score (nSPS) is 11.6. The third-order valence-corrected chi connectivity index (χ3v) is 6.07. The highest BCUT2D eigenvalue weighted by Gasteiger charge is 2.28. The molecule has 25 heavy (non-hydrogen) atoms. The number of aryl methyl sites for hydroxylation is 2. The molecule has 11 heteroatoms. The van der Waals surface area contributed by atoms with Gasteiger partial charge >= 0.3 is 0 Å². The second kappa shape index (κ2) is 7.14. The summed E-state index contributed by atoms with van der Waals surface area (Å²) in [5.41, 5.74) is 0.321. The fraction of sp³-hybridized carbons (Fsp3) is 0.357. The fourth-order valence-corrected chi connectivity index (χ4v) is 4.43. The third kappa shape index (κ3) is 4.20. The van der Waals surface area contributed by atoms with Gasteiger partial charge in [-0.1, -0.05) is 30.6 Å². The molecule has 0 saturated carbocycles. The Hall–Kier alpha value is -1.91. The number of anilines is 1. The van der Waals surface area contributed by atoms with Crippen molar-refractivity contribution in [3.63, 3.8) is 0 Å². The average molecular weight is 406 g/mol. The minimum atomic E-state index is -4.16. The van der Waals surface area contributed by atoms with Crippen molar-refractivity contribution >= 4 is 50.7 Å². The van der Waals surface area contributed by atoms with E-state index in [-0.39, 0.29) is 20.7 Å². The Morgan fingerprint density at radius 1 is 1.32 bits per heavy atom. The van der Waals surface area contributed by atoms with Gasteiger partial charge in [0.15, 0.2) is 0 Å². The maximum absolute atomic E-state index is 12.6. The summed E-state index contributed by atoms with van der Waals surface area (Å²) in [5, 5.41) is 5.76. The van der Waals surface area contributed by atoms with Crippen LogP contribution in [0.1, 0.15) is 34.1 Å². The van der Waals surface area contributed by atoms with Crippen LogP contribution >= 0.6 is 22.9 Å². The van der Waals surface area contributed by atoms with Gasteiger partial charge in [-0.05, 0) is 19.9 Å². The first-order valence-corrected chi connectivity index (χ1v) is 9.81. The minimum Gasteiger partial charge on any atom is -0.336 e. The first-order chi connectivity index (χ1) is 11.5. The van der Waals surface area contributed by atoms with Crippen molar-refractivity contribution in [2.24, 2.45) is 5.92 Å². The molecule has 0 aromatic carbocycles. The van der Waals surface area contributed by atoms with Crippen LogP contribution in [0.5, 0.6) is 0 Å². The number of carbonyl (C=O) groups excluding carboxylic acids is 2. The smallest absolute Gasteiger partial charge is 0.269 e. The Morgan fingerprint density at radius 3 is 2.48 bits per heavy atom. The second-order valence-electron chi connectivity index (χ2n) is 5.54. The quantitative estimate of drug-likeness (QED) is 0.789. The molecule has 136 valence electrons. The van der Waals surface area contributed by atoms with Crippen LogP contribution in [-0.4, -0.2) is 25.4 Å². The van der Waals surface area contributed by atoms with Gasteiger partial charge in [-0.3, -0.25) is 14.9 Å². The van der Waals surface area contributed by atoms with Crippen molar-refractivity contribution in [2.45, 2.75) is 32.6 Å². The number of imide groups is 1. The molecular weight excluding hydrogens is 390 g/mol. The third-order valence-electron chi connectivity index (χ3n) is 3.10. The van der Waals surface area contributed by atoms with E-state index in [9.17, 15) is 18.0 Å². The first kappa shape index (κ1) is 19.4. The summed E-state index contributed by atoms with van der Waals surface area (Å²) >= 11 is 6.87. The van der Waals surface area contributed by atoms with Gasteiger partial charge in [0, 0.05) is 10.8 Å². The van der Waals surface area contributed by atoms with E-state index >= 15 is 0 Å². The number of halogens is 1. The molecule has 0 radical (unpaired) electrons. The van der Waals surface area contributed by atoms with Crippen LogP contribution < -0.4 is 10.0 Å². The molecule has 0 unspecified atom stereocenters. The van der Waals surface area contributed by atoms with E-state index < -0.39 is 27.8 Å². The van der Waals surface area contributed by atoms with Crippen LogP contribution in [0, 0.1) is 19.8 Å². The number of amides is 2. The van der Waals surface area contributed by atoms with Crippen LogP contribution in [0.15, 0.2) is 15.5 Å². The Morgan fingerprint density at radius 2 is 1.96 bits per heavy atom. The lowest BCUT2D eigenvalue weighted by Gasteiger charge is -2.08. The number of nitrogens with one attached hydrogen (secondary N) is 2. The summed E-state index contributed by atoms with van der Waals surface area (Å²) < 4.78 is 32.2. The molecule has 2 aromatic heterocycles. The Labute approximate surface area is 153 Å². The zero-order chi connectivity index (χ0) is 18.9. The molecule has 0 atom stereocenters.